The number of benzene rings is 3. The molecule has 0 heterocycles. The molecule has 0 aliphatic rings. The molecule has 0 atom stereocenters. The third-order valence-corrected chi connectivity index (χ3v) is 7.81. The van der Waals surface area contributed by atoms with Crippen LogP contribution in [0, 0.1) is 0 Å². The molecule has 4 heteroatoms. The highest BCUT2D eigenvalue weighted by Crippen LogP contribution is 2.51. The first-order valence-electron chi connectivity index (χ1n) is 6.85. The van der Waals surface area contributed by atoms with E-state index >= 15 is 0 Å². The Morgan fingerprint density at radius 3 is 0.913 bits per heavy atom. The standard InChI is InChI=1S/C19H18P.H3N.2H2O/c1-20(17-11-5-2-6-12-17,18-13-7-3-8-14-18)19-15-9-4-10-16-19;;;/h2-16H,1H3;1H3;2*1H2/q+1;;;/p-1. The molecule has 3 nitrogen and oxygen atoms in total. The molecule has 23 heavy (non-hydrogen) atoms. The van der Waals surface area contributed by atoms with Gasteiger partial charge in [-0.25, -0.2) is 0 Å². The third kappa shape index (κ3) is 4.04. The van der Waals surface area contributed by atoms with Gasteiger partial charge < -0.3 is 17.1 Å². The predicted molar refractivity (Wildman–Crippen MR) is 101 cm³/mol. The zero-order valence-corrected chi connectivity index (χ0v) is 14.4. The van der Waals surface area contributed by atoms with Crippen molar-refractivity contribution in [3.63, 3.8) is 0 Å². The molecule has 3 rings (SSSR count). The van der Waals surface area contributed by atoms with E-state index in [-0.39, 0.29) is 17.1 Å². The average Bonchev–Trinajstić information content (AvgIpc) is 2.56. The van der Waals surface area contributed by atoms with Crippen LogP contribution in [0.5, 0.6) is 0 Å². The summed E-state index contributed by atoms with van der Waals surface area (Å²) >= 11 is 0. The minimum absolute atomic E-state index is 0. The molecule has 0 bridgehead atoms. The van der Waals surface area contributed by atoms with Crippen molar-refractivity contribution >= 4 is 23.2 Å². The topological polar surface area (TPSA) is 96.5 Å². The molecule has 0 aliphatic heterocycles. The van der Waals surface area contributed by atoms with E-state index in [1.807, 2.05) is 0 Å². The van der Waals surface area contributed by atoms with E-state index in [1.165, 1.54) is 15.9 Å². The second kappa shape index (κ2) is 9.19. The molecular weight excluding hydrogens is 305 g/mol. The highest BCUT2D eigenvalue weighted by molar-refractivity contribution is 7.95. The lowest BCUT2D eigenvalue weighted by Gasteiger charge is -2.22. The molecule has 122 valence electrons. The van der Waals surface area contributed by atoms with Crippen LogP contribution in [0.2, 0.25) is 0 Å². The molecule has 3 aromatic rings. The fraction of sp³-hybridized carbons (Fsp3) is 0.0526. The number of hydrogen-bond acceptors (Lipinski definition) is 2. The summed E-state index contributed by atoms with van der Waals surface area (Å²) in [5.74, 6) is 0. The Morgan fingerprint density at radius 1 is 0.478 bits per heavy atom. The van der Waals surface area contributed by atoms with Crippen molar-refractivity contribution in [1.29, 1.82) is 0 Å². The van der Waals surface area contributed by atoms with Gasteiger partial charge in [-0.05, 0) is 36.4 Å². The van der Waals surface area contributed by atoms with E-state index < -0.39 is 7.26 Å². The molecule has 0 amide bonds. The van der Waals surface area contributed by atoms with Crippen LogP contribution < -0.4 is 22.1 Å². The molecule has 0 radical (unpaired) electrons. The molecule has 3 aromatic carbocycles. The maximum Gasteiger partial charge on any atom is 0.109 e. The molecule has 0 aromatic heterocycles. The summed E-state index contributed by atoms with van der Waals surface area (Å²) in [4.78, 5) is 0. The van der Waals surface area contributed by atoms with Crippen LogP contribution in [0.3, 0.4) is 0 Å². The number of rotatable bonds is 3. The van der Waals surface area contributed by atoms with Crippen molar-refractivity contribution in [1.82, 2.24) is 6.15 Å². The minimum Gasteiger partial charge on any atom is -0.870 e. The van der Waals surface area contributed by atoms with Crippen LogP contribution in [-0.2, 0) is 0 Å². The summed E-state index contributed by atoms with van der Waals surface area (Å²) in [7, 11) is -1.53. The van der Waals surface area contributed by atoms with E-state index in [0.717, 1.165) is 0 Å². The zero-order chi connectivity index (χ0) is 13.8. The quantitative estimate of drug-likeness (QED) is 0.742. The van der Waals surface area contributed by atoms with Gasteiger partial charge in [0.15, 0.2) is 0 Å². The Labute approximate surface area is 138 Å². The van der Waals surface area contributed by atoms with E-state index in [0.29, 0.717) is 0 Å². The number of hydrogen-bond donors (Lipinski definition) is 1. The first-order valence-corrected chi connectivity index (χ1v) is 9.09. The highest BCUT2D eigenvalue weighted by atomic mass is 31.2. The Bertz CT molecular complexity index is 579. The van der Waals surface area contributed by atoms with Crippen LogP contribution in [0.1, 0.15) is 0 Å². The summed E-state index contributed by atoms with van der Waals surface area (Å²) in [6.07, 6.45) is 0. The molecule has 6 N–H and O–H groups in total. The van der Waals surface area contributed by atoms with Gasteiger partial charge in [-0.15, -0.1) is 0 Å². The summed E-state index contributed by atoms with van der Waals surface area (Å²) in [6, 6.07) is 32.6. The summed E-state index contributed by atoms with van der Waals surface area (Å²) in [5.41, 5.74) is 0. The molecular formula is C19H24NO2P. The van der Waals surface area contributed by atoms with E-state index in [9.17, 15) is 0 Å². The Hall–Kier alpha value is -2.03. The molecule has 0 spiro atoms. The van der Waals surface area contributed by atoms with E-state index in [4.69, 9.17) is 0 Å². The Morgan fingerprint density at radius 2 is 0.696 bits per heavy atom. The normalized spacial score (nSPS) is 9.78. The molecule has 0 saturated carbocycles. The first kappa shape index (κ1) is 21.0. The van der Waals surface area contributed by atoms with Gasteiger partial charge in [0.2, 0.25) is 0 Å². The Kier molecular flexibility index (Phi) is 8.38. The van der Waals surface area contributed by atoms with Gasteiger partial charge in [0, 0.05) is 0 Å². The zero-order valence-electron chi connectivity index (χ0n) is 13.5. The van der Waals surface area contributed by atoms with Crippen molar-refractivity contribution in [3.05, 3.63) is 91.0 Å². The largest absolute Gasteiger partial charge is 0.870 e. The summed E-state index contributed by atoms with van der Waals surface area (Å²) in [6.45, 7) is 2.41. The predicted octanol–water partition coefficient (Wildman–Crippen LogP) is 3.63. The Balaban J connectivity index is 0.00000161. The lowest BCUT2D eigenvalue weighted by atomic mass is 10.4. The number of quaternary nitrogens is 1. The van der Waals surface area contributed by atoms with Crippen LogP contribution in [0.15, 0.2) is 91.0 Å². The second-order valence-corrected chi connectivity index (χ2v) is 8.57. The molecule has 0 fully saturated rings. The second-order valence-electron chi connectivity index (χ2n) is 5.01. The van der Waals surface area contributed by atoms with Crippen molar-refractivity contribution in [2.75, 3.05) is 6.66 Å². The monoisotopic (exact) mass is 329 g/mol. The van der Waals surface area contributed by atoms with Gasteiger partial charge in [-0.2, -0.15) is 0 Å². The lowest BCUT2D eigenvalue weighted by molar-refractivity contribution is 0.823. The third-order valence-electron chi connectivity index (χ3n) is 3.82. The van der Waals surface area contributed by atoms with Crippen LogP contribution >= 0.6 is 7.26 Å². The maximum absolute atomic E-state index is 2.41. The fourth-order valence-electron chi connectivity index (χ4n) is 2.63. The highest BCUT2D eigenvalue weighted by Gasteiger charge is 2.39. The van der Waals surface area contributed by atoms with E-state index in [2.05, 4.69) is 97.7 Å². The van der Waals surface area contributed by atoms with Gasteiger partial charge in [0.25, 0.3) is 0 Å². The SMILES string of the molecule is C[P+](c1ccccc1)(c1ccccc1)c1ccccc1.[NH4+].[OH-].[OH-]. The van der Waals surface area contributed by atoms with Crippen molar-refractivity contribution < 1.29 is 11.0 Å². The maximum atomic E-state index is 2.41. The van der Waals surface area contributed by atoms with Gasteiger partial charge >= 0.3 is 0 Å². The van der Waals surface area contributed by atoms with Crippen LogP contribution in [-0.4, -0.2) is 17.6 Å². The average molecular weight is 329 g/mol. The fourth-order valence-corrected chi connectivity index (χ4v) is 5.83. The van der Waals surface area contributed by atoms with Gasteiger partial charge in [0.05, 0.1) is 6.66 Å². The molecule has 0 saturated heterocycles. The van der Waals surface area contributed by atoms with Gasteiger partial charge in [-0.3, -0.25) is 0 Å². The van der Waals surface area contributed by atoms with E-state index in [1.54, 1.807) is 0 Å². The van der Waals surface area contributed by atoms with Crippen LogP contribution in [0.4, 0.5) is 0 Å². The smallest absolute Gasteiger partial charge is 0.109 e. The summed E-state index contributed by atoms with van der Waals surface area (Å²) in [5, 5.41) is 4.28. The van der Waals surface area contributed by atoms with Gasteiger partial charge in [0.1, 0.15) is 23.2 Å². The first-order chi connectivity index (χ1) is 9.82. The molecule has 0 aliphatic carbocycles. The summed E-state index contributed by atoms with van der Waals surface area (Å²) < 4.78 is 0. The van der Waals surface area contributed by atoms with Gasteiger partial charge in [-0.1, -0.05) is 54.6 Å². The van der Waals surface area contributed by atoms with Crippen LogP contribution in [0.25, 0.3) is 0 Å². The lowest BCUT2D eigenvalue weighted by Crippen LogP contribution is -2.30. The molecule has 0 unspecified atom stereocenters. The minimum atomic E-state index is -1.53. The van der Waals surface area contributed by atoms with Crippen molar-refractivity contribution in [2.45, 2.75) is 0 Å². The van der Waals surface area contributed by atoms with Crippen molar-refractivity contribution in [2.24, 2.45) is 0 Å². The van der Waals surface area contributed by atoms with Crippen molar-refractivity contribution in [3.8, 4) is 0 Å².